The number of rotatable bonds is 7. The van der Waals surface area contributed by atoms with E-state index in [0.717, 1.165) is 11.3 Å². The van der Waals surface area contributed by atoms with Crippen LogP contribution < -0.4 is 9.47 Å². The van der Waals surface area contributed by atoms with Crippen LogP contribution in [0.2, 0.25) is 5.02 Å². The number of nitrogens with zero attached hydrogens (tertiary/aromatic N) is 1. The monoisotopic (exact) mass is 423 g/mol. The largest absolute Gasteiger partial charge is 0.497 e. The van der Waals surface area contributed by atoms with Gasteiger partial charge in [-0.25, -0.2) is 8.42 Å². The first-order chi connectivity index (χ1) is 13.4. The summed E-state index contributed by atoms with van der Waals surface area (Å²) in [4.78, 5) is 14.5. The number of amides is 1. The zero-order chi connectivity index (χ0) is 20.1. The number of hydrogen-bond acceptors (Lipinski definition) is 5. The first-order valence-corrected chi connectivity index (χ1v) is 11.1. The van der Waals surface area contributed by atoms with Gasteiger partial charge in [0.1, 0.15) is 11.5 Å². The minimum absolute atomic E-state index is 0.0180. The van der Waals surface area contributed by atoms with Crippen molar-refractivity contribution in [1.82, 2.24) is 4.90 Å². The highest BCUT2D eigenvalue weighted by molar-refractivity contribution is 7.91. The number of ether oxygens (including phenoxy) is 2. The number of methoxy groups -OCH3 is 1. The Balaban J connectivity index is 1.72. The van der Waals surface area contributed by atoms with Crippen molar-refractivity contribution >= 4 is 27.3 Å². The van der Waals surface area contributed by atoms with Gasteiger partial charge < -0.3 is 14.4 Å². The Hall–Kier alpha value is -2.25. The van der Waals surface area contributed by atoms with Crippen LogP contribution in [0.15, 0.2) is 48.5 Å². The Morgan fingerprint density at radius 1 is 1.11 bits per heavy atom. The minimum Gasteiger partial charge on any atom is -0.497 e. The van der Waals surface area contributed by atoms with Crippen LogP contribution in [-0.2, 0) is 21.2 Å². The normalized spacial score (nSPS) is 17.9. The van der Waals surface area contributed by atoms with Gasteiger partial charge in [0.2, 0.25) is 0 Å². The zero-order valence-electron chi connectivity index (χ0n) is 15.5. The number of halogens is 1. The molecule has 1 fully saturated rings. The Morgan fingerprint density at radius 2 is 1.75 bits per heavy atom. The van der Waals surface area contributed by atoms with Crippen molar-refractivity contribution in [1.29, 1.82) is 0 Å². The molecule has 3 rings (SSSR count). The fraction of sp³-hybridized carbons (Fsp3) is 0.350. The molecule has 1 aliphatic rings. The molecule has 150 valence electrons. The molecule has 0 aliphatic carbocycles. The van der Waals surface area contributed by atoms with Crippen LogP contribution in [0.3, 0.4) is 0 Å². The minimum atomic E-state index is -3.12. The van der Waals surface area contributed by atoms with Crippen LogP contribution in [0, 0.1) is 0 Å². The predicted octanol–water partition coefficient (Wildman–Crippen LogP) is 2.94. The average Bonchev–Trinajstić information content (AvgIpc) is 3.05. The van der Waals surface area contributed by atoms with Crippen LogP contribution >= 0.6 is 11.6 Å². The summed E-state index contributed by atoms with van der Waals surface area (Å²) in [5, 5.41) is 0.580. The van der Waals surface area contributed by atoms with Crippen molar-refractivity contribution in [2.45, 2.75) is 19.0 Å². The molecule has 0 saturated carbocycles. The molecule has 1 saturated heterocycles. The third-order valence-electron chi connectivity index (χ3n) is 4.66. The molecule has 0 bridgehead atoms. The average molecular weight is 424 g/mol. The molecular formula is C20H22ClNO5S. The van der Waals surface area contributed by atoms with E-state index in [1.807, 2.05) is 24.3 Å². The summed E-state index contributed by atoms with van der Waals surface area (Å²) in [5.41, 5.74) is 0.893. The molecule has 0 N–H and O–H groups in total. The second kappa shape index (κ2) is 8.84. The van der Waals surface area contributed by atoms with Gasteiger partial charge in [-0.1, -0.05) is 23.7 Å². The van der Waals surface area contributed by atoms with E-state index < -0.39 is 9.84 Å². The van der Waals surface area contributed by atoms with Gasteiger partial charge in [0.15, 0.2) is 16.4 Å². The van der Waals surface area contributed by atoms with Crippen LogP contribution in [0.4, 0.5) is 0 Å². The maximum atomic E-state index is 12.9. The van der Waals surface area contributed by atoms with E-state index in [2.05, 4.69) is 0 Å². The molecule has 0 spiro atoms. The topological polar surface area (TPSA) is 72.9 Å². The molecule has 0 radical (unpaired) electrons. The van der Waals surface area contributed by atoms with Gasteiger partial charge in [-0.3, -0.25) is 4.79 Å². The SMILES string of the molecule is COc1ccc(CN(C(=O)COc2ccc(Cl)cc2)[C@@H]2CCS(=O)(=O)C2)cc1. The molecule has 1 aliphatic heterocycles. The van der Waals surface area contributed by atoms with Gasteiger partial charge in [0.25, 0.3) is 5.91 Å². The van der Waals surface area contributed by atoms with Crippen molar-refractivity contribution in [3.8, 4) is 11.5 Å². The Kier molecular flexibility index (Phi) is 6.46. The molecule has 0 aromatic heterocycles. The summed E-state index contributed by atoms with van der Waals surface area (Å²) in [5.74, 6) is 1.07. The van der Waals surface area contributed by atoms with E-state index in [0.29, 0.717) is 23.7 Å². The fourth-order valence-electron chi connectivity index (χ4n) is 3.13. The lowest BCUT2D eigenvalue weighted by Crippen LogP contribution is -2.43. The maximum absolute atomic E-state index is 12.9. The second-order valence-corrected chi connectivity index (χ2v) is 9.33. The maximum Gasteiger partial charge on any atom is 0.261 e. The molecule has 1 atom stereocenters. The second-order valence-electron chi connectivity index (χ2n) is 6.67. The van der Waals surface area contributed by atoms with E-state index in [9.17, 15) is 13.2 Å². The summed E-state index contributed by atoms with van der Waals surface area (Å²) >= 11 is 5.85. The first-order valence-electron chi connectivity index (χ1n) is 8.87. The number of sulfone groups is 1. The Bertz CT molecular complexity index is 913. The zero-order valence-corrected chi connectivity index (χ0v) is 17.1. The first kappa shape index (κ1) is 20.5. The number of carbonyl (C=O) groups is 1. The third-order valence-corrected chi connectivity index (χ3v) is 6.66. The van der Waals surface area contributed by atoms with Gasteiger partial charge in [-0.05, 0) is 48.4 Å². The van der Waals surface area contributed by atoms with E-state index >= 15 is 0 Å². The smallest absolute Gasteiger partial charge is 0.261 e. The molecule has 6 nitrogen and oxygen atoms in total. The van der Waals surface area contributed by atoms with Crippen molar-refractivity contribution in [2.75, 3.05) is 25.2 Å². The van der Waals surface area contributed by atoms with Crippen LogP contribution in [0.25, 0.3) is 0 Å². The van der Waals surface area contributed by atoms with E-state index in [1.165, 1.54) is 0 Å². The Morgan fingerprint density at radius 3 is 2.32 bits per heavy atom. The van der Waals surface area contributed by atoms with Gasteiger partial charge >= 0.3 is 0 Å². The van der Waals surface area contributed by atoms with Gasteiger partial charge in [-0.2, -0.15) is 0 Å². The van der Waals surface area contributed by atoms with Crippen molar-refractivity contribution < 1.29 is 22.7 Å². The fourth-order valence-corrected chi connectivity index (χ4v) is 4.99. The van der Waals surface area contributed by atoms with Crippen LogP contribution in [-0.4, -0.2) is 50.5 Å². The van der Waals surface area contributed by atoms with E-state index in [-0.39, 0.29) is 30.1 Å². The van der Waals surface area contributed by atoms with Gasteiger partial charge in [-0.15, -0.1) is 0 Å². The lowest BCUT2D eigenvalue weighted by atomic mass is 10.1. The van der Waals surface area contributed by atoms with Crippen LogP contribution in [0.5, 0.6) is 11.5 Å². The molecule has 1 amide bonds. The number of carbonyl (C=O) groups excluding carboxylic acids is 1. The molecule has 0 unspecified atom stereocenters. The van der Waals surface area contributed by atoms with Gasteiger partial charge in [0, 0.05) is 17.6 Å². The van der Waals surface area contributed by atoms with Crippen molar-refractivity contribution in [2.24, 2.45) is 0 Å². The summed E-state index contributed by atoms with van der Waals surface area (Å²) in [7, 11) is -1.53. The summed E-state index contributed by atoms with van der Waals surface area (Å²) in [6, 6.07) is 13.7. The predicted molar refractivity (Wildman–Crippen MR) is 108 cm³/mol. The Labute approximate surface area is 169 Å². The molecule has 2 aromatic rings. The summed E-state index contributed by atoms with van der Waals surface area (Å²) in [6.45, 7) is 0.140. The lowest BCUT2D eigenvalue weighted by molar-refractivity contribution is -0.136. The summed E-state index contributed by atoms with van der Waals surface area (Å²) < 4.78 is 34.6. The van der Waals surface area contributed by atoms with Gasteiger partial charge in [0.05, 0.1) is 18.6 Å². The highest BCUT2D eigenvalue weighted by Gasteiger charge is 2.34. The number of hydrogen-bond donors (Lipinski definition) is 0. The highest BCUT2D eigenvalue weighted by atomic mass is 35.5. The lowest BCUT2D eigenvalue weighted by Gasteiger charge is -2.28. The van der Waals surface area contributed by atoms with Crippen LogP contribution in [0.1, 0.15) is 12.0 Å². The molecule has 2 aromatic carbocycles. The third kappa shape index (κ3) is 5.39. The summed E-state index contributed by atoms with van der Waals surface area (Å²) in [6.07, 6.45) is 0.436. The quantitative estimate of drug-likeness (QED) is 0.684. The molecular weight excluding hydrogens is 402 g/mol. The number of benzene rings is 2. The van der Waals surface area contributed by atoms with E-state index in [4.69, 9.17) is 21.1 Å². The standard InChI is InChI=1S/C20H22ClNO5S/c1-26-18-6-2-15(3-7-18)12-22(17-10-11-28(24,25)14-17)20(23)13-27-19-8-4-16(21)5-9-19/h2-9,17H,10-14H2,1H3/t17-/m1/s1. The van der Waals surface area contributed by atoms with E-state index in [1.54, 1.807) is 36.3 Å². The molecule has 1 heterocycles. The van der Waals surface area contributed by atoms with Crippen molar-refractivity contribution in [3.05, 3.63) is 59.1 Å². The highest BCUT2D eigenvalue weighted by Crippen LogP contribution is 2.22. The van der Waals surface area contributed by atoms with Crippen molar-refractivity contribution in [3.63, 3.8) is 0 Å². The molecule has 8 heteroatoms. The molecule has 28 heavy (non-hydrogen) atoms.